The molecule has 2 aromatic carbocycles. The number of primary amides is 1. The Kier molecular flexibility index (Phi) is 4.91. The van der Waals surface area contributed by atoms with E-state index in [9.17, 15) is 10.1 Å². The van der Waals surface area contributed by atoms with E-state index in [1.807, 2.05) is 69.4 Å². The number of hydrogen-bond donors (Lipinski definition) is 2. The van der Waals surface area contributed by atoms with E-state index >= 15 is 0 Å². The average Bonchev–Trinajstić information content (AvgIpc) is 3.19. The van der Waals surface area contributed by atoms with Crippen LogP contribution in [0.4, 0.5) is 11.4 Å². The van der Waals surface area contributed by atoms with Crippen LogP contribution in [0, 0.1) is 11.3 Å². The molecule has 0 aliphatic carbocycles. The zero-order chi connectivity index (χ0) is 22.2. The number of nitrogens with two attached hydrogens (primary N) is 1. The second-order valence-electron chi connectivity index (χ2n) is 7.92. The smallest absolute Gasteiger partial charge is 0.252 e. The Hall–Kier alpha value is -4.18. The van der Waals surface area contributed by atoms with Gasteiger partial charge in [0.25, 0.3) is 5.91 Å². The summed E-state index contributed by atoms with van der Waals surface area (Å²) >= 11 is 0. The van der Waals surface area contributed by atoms with Crippen molar-refractivity contribution in [3.8, 4) is 17.3 Å². The van der Waals surface area contributed by atoms with Crippen molar-refractivity contribution in [1.29, 1.82) is 5.26 Å². The van der Waals surface area contributed by atoms with Gasteiger partial charge in [0.1, 0.15) is 0 Å². The van der Waals surface area contributed by atoms with E-state index in [-0.39, 0.29) is 0 Å². The summed E-state index contributed by atoms with van der Waals surface area (Å²) in [5, 5.41) is 17.7. The predicted octanol–water partition coefficient (Wildman–Crippen LogP) is 4.28. The van der Waals surface area contributed by atoms with Crippen molar-refractivity contribution in [3.05, 3.63) is 72.1 Å². The molecule has 4 aromatic rings. The molecule has 31 heavy (non-hydrogen) atoms. The number of rotatable bonds is 5. The molecule has 2 heterocycles. The van der Waals surface area contributed by atoms with Gasteiger partial charge in [0.15, 0.2) is 0 Å². The van der Waals surface area contributed by atoms with Gasteiger partial charge in [-0.25, -0.2) is 0 Å². The van der Waals surface area contributed by atoms with Crippen molar-refractivity contribution in [2.45, 2.75) is 19.3 Å². The van der Waals surface area contributed by atoms with E-state index in [2.05, 4.69) is 21.5 Å². The molecule has 7 heteroatoms. The minimum atomic E-state index is -0.585. The molecule has 7 nitrogen and oxygen atoms in total. The Morgan fingerprint density at radius 3 is 2.52 bits per heavy atom. The van der Waals surface area contributed by atoms with Gasteiger partial charge < -0.3 is 11.1 Å². The molecule has 0 saturated carbocycles. The van der Waals surface area contributed by atoms with Crippen LogP contribution in [0.25, 0.3) is 22.2 Å². The van der Waals surface area contributed by atoms with E-state index in [0.29, 0.717) is 11.3 Å². The molecule has 3 N–H and O–H groups in total. The lowest BCUT2D eigenvalue weighted by Crippen LogP contribution is -2.15. The van der Waals surface area contributed by atoms with E-state index in [1.165, 1.54) is 6.20 Å². The Morgan fingerprint density at radius 2 is 1.90 bits per heavy atom. The van der Waals surface area contributed by atoms with Gasteiger partial charge in [0, 0.05) is 36.1 Å². The molecule has 0 radical (unpaired) electrons. The summed E-state index contributed by atoms with van der Waals surface area (Å²) in [7, 11) is 1.88. The lowest BCUT2D eigenvalue weighted by Gasteiger charge is -2.17. The Balaban J connectivity index is 1.83. The molecule has 0 atom stereocenters. The van der Waals surface area contributed by atoms with E-state index < -0.39 is 11.3 Å². The molecule has 2 aromatic heterocycles. The maximum Gasteiger partial charge on any atom is 0.252 e. The fraction of sp³-hybridized carbons (Fsp3) is 0.167. The van der Waals surface area contributed by atoms with Crippen molar-refractivity contribution in [1.82, 2.24) is 14.8 Å². The number of fused-ring (bicyclic) bond motifs is 1. The van der Waals surface area contributed by atoms with Crippen LogP contribution >= 0.6 is 0 Å². The first kappa shape index (κ1) is 20.1. The molecule has 0 unspecified atom stereocenters. The molecular weight excluding hydrogens is 388 g/mol. The molecule has 0 aliphatic rings. The SMILES string of the molecule is Cn1nccc1-c1ccc2ncc(C(N)=O)c(Nc3ccc(C(C)(C)C#N)cc3)c2c1. The number of benzene rings is 2. The van der Waals surface area contributed by atoms with E-state index in [4.69, 9.17) is 5.73 Å². The summed E-state index contributed by atoms with van der Waals surface area (Å²) in [6.45, 7) is 3.74. The van der Waals surface area contributed by atoms with Crippen LogP contribution in [-0.4, -0.2) is 20.7 Å². The monoisotopic (exact) mass is 410 g/mol. The molecule has 0 bridgehead atoms. The standard InChI is InChI=1S/C24H22N6O/c1-24(2,14-25)16-5-7-17(8-6-16)29-22-18-12-15(21-10-11-28-30(21)3)4-9-20(18)27-13-19(22)23(26)31/h4-13H,1-3H3,(H2,26,31)(H,27,29). The number of carbonyl (C=O) groups is 1. The first-order valence-electron chi connectivity index (χ1n) is 9.80. The van der Waals surface area contributed by atoms with Crippen LogP contribution in [-0.2, 0) is 12.5 Å². The lowest BCUT2D eigenvalue weighted by atomic mass is 9.86. The van der Waals surface area contributed by atoms with Gasteiger partial charge in [0.05, 0.1) is 33.9 Å². The molecule has 0 fully saturated rings. The van der Waals surface area contributed by atoms with Gasteiger partial charge in [-0.2, -0.15) is 10.4 Å². The van der Waals surface area contributed by atoms with Crippen LogP contribution in [0.15, 0.2) is 60.9 Å². The summed E-state index contributed by atoms with van der Waals surface area (Å²) < 4.78 is 1.79. The maximum absolute atomic E-state index is 12.1. The number of nitrogens with zero attached hydrogens (tertiary/aromatic N) is 4. The van der Waals surface area contributed by atoms with Gasteiger partial charge in [-0.1, -0.05) is 18.2 Å². The first-order valence-corrected chi connectivity index (χ1v) is 9.80. The number of hydrogen-bond acceptors (Lipinski definition) is 5. The van der Waals surface area contributed by atoms with Crippen molar-refractivity contribution in [2.24, 2.45) is 12.8 Å². The van der Waals surface area contributed by atoms with Gasteiger partial charge >= 0.3 is 0 Å². The average molecular weight is 410 g/mol. The molecule has 154 valence electrons. The minimum Gasteiger partial charge on any atom is -0.365 e. The molecule has 0 spiro atoms. The number of carbonyl (C=O) groups excluding carboxylic acids is 1. The van der Waals surface area contributed by atoms with Crippen molar-refractivity contribution in [2.75, 3.05) is 5.32 Å². The Morgan fingerprint density at radius 1 is 1.16 bits per heavy atom. The van der Waals surface area contributed by atoms with Gasteiger partial charge in [-0.05, 0) is 49.7 Å². The summed E-state index contributed by atoms with van der Waals surface area (Å²) in [6.07, 6.45) is 3.23. The van der Waals surface area contributed by atoms with Crippen molar-refractivity contribution in [3.63, 3.8) is 0 Å². The van der Waals surface area contributed by atoms with Crippen LogP contribution < -0.4 is 11.1 Å². The van der Waals surface area contributed by atoms with Crippen molar-refractivity contribution >= 4 is 28.2 Å². The Labute approximate surface area is 180 Å². The zero-order valence-electron chi connectivity index (χ0n) is 17.5. The fourth-order valence-corrected chi connectivity index (χ4v) is 3.51. The highest BCUT2D eigenvalue weighted by atomic mass is 16.1. The number of nitrogens with one attached hydrogen (secondary N) is 1. The van der Waals surface area contributed by atoms with Gasteiger partial charge in [0.2, 0.25) is 0 Å². The van der Waals surface area contributed by atoms with E-state index in [0.717, 1.165) is 33.4 Å². The highest BCUT2D eigenvalue weighted by Gasteiger charge is 2.20. The maximum atomic E-state index is 12.1. The third-order valence-corrected chi connectivity index (χ3v) is 5.41. The predicted molar refractivity (Wildman–Crippen MR) is 121 cm³/mol. The molecule has 0 aliphatic heterocycles. The minimum absolute atomic E-state index is 0.302. The quantitative estimate of drug-likeness (QED) is 0.510. The zero-order valence-corrected chi connectivity index (χ0v) is 17.5. The fourth-order valence-electron chi connectivity index (χ4n) is 3.51. The van der Waals surface area contributed by atoms with Gasteiger partial charge in [-0.3, -0.25) is 14.5 Å². The van der Waals surface area contributed by atoms with Crippen LogP contribution in [0.2, 0.25) is 0 Å². The number of nitriles is 1. The summed E-state index contributed by atoms with van der Waals surface area (Å²) in [6, 6.07) is 17.7. The molecule has 0 saturated heterocycles. The third kappa shape index (κ3) is 3.71. The highest BCUT2D eigenvalue weighted by molar-refractivity contribution is 6.08. The summed E-state index contributed by atoms with van der Waals surface area (Å²) in [5.41, 5.74) is 10.3. The first-order chi connectivity index (χ1) is 14.8. The van der Waals surface area contributed by atoms with Crippen LogP contribution in [0.3, 0.4) is 0 Å². The molecule has 4 rings (SSSR count). The normalized spacial score (nSPS) is 11.3. The summed E-state index contributed by atoms with van der Waals surface area (Å²) in [4.78, 5) is 16.5. The Bertz CT molecular complexity index is 1330. The highest BCUT2D eigenvalue weighted by Crippen LogP contribution is 2.33. The number of aryl methyl sites for hydroxylation is 1. The van der Waals surface area contributed by atoms with Crippen molar-refractivity contribution < 1.29 is 4.79 Å². The number of anilines is 2. The molecule has 1 amide bonds. The number of pyridine rings is 1. The number of amides is 1. The topological polar surface area (TPSA) is 110 Å². The van der Waals surface area contributed by atoms with Gasteiger partial charge in [-0.15, -0.1) is 0 Å². The lowest BCUT2D eigenvalue weighted by molar-refractivity contribution is 0.100. The number of aromatic nitrogens is 3. The second kappa shape index (κ2) is 7.58. The summed E-state index contributed by atoms with van der Waals surface area (Å²) in [5.74, 6) is -0.565. The van der Waals surface area contributed by atoms with E-state index in [1.54, 1.807) is 10.9 Å². The largest absolute Gasteiger partial charge is 0.365 e. The third-order valence-electron chi connectivity index (χ3n) is 5.41. The molecular formula is C24H22N6O. The van der Waals surface area contributed by atoms with Crippen LogP contribution in [0.1, 0.15) is 29.8 Å². The van der Waals surface area contributed by atoms with Crippen LogP contribution in [0.5, 0.6) is 0 Å². The second-order valence-corrected chi connectivity index (χ2v) is 7.92.